The minimum atomic E-state index is 0.0527. The lowest BCUT2D eigenvalue weighted by Gasteiger charge is -2.27. The maximum Gasteiger partial charge on any atom is 0.0985 e. The van der Waals surface area contributed by atoms with Crippen molar-refractivity contribution in [1.82, 2.24) is 9.80 Å². The van der Waals surface area contributed by atoms with Crippen molar-refractivity contribution < 1.29 is 8.78 Å². The van der Waals surface area contributed by atoms with Crippen LogP contribution >= 0.6 is 0 Å². The fourth-order valence-corrected chi connectivity index (χ4v) is 2.50. The number of nitrogens with zero attached hydrogens (tertiary/aromatic N) is 2. The van der Waals surface area contributed by atoms with Crippen molar-refractivity contribution in [2.75, 3.05) is 26.2 Å². The van der Waals surface area contributed by atoms with Crippen LogP contribution in [0, 0.1) is 0 Å². The van der Waals surface area contributed by atoms with Crippen molar-refractivity contribution in [2.24, 2.45) is 0 Å². The van der Waals surface area contributed by atoms with Gasteiger partial charge in [0.05, 0.1) is 11.7 Å². The molecule has 0 atom stereocenters. The predicted molar refractivity (Wildman–Crippen MR) is 85.7 cm³/mol. The van der Waals surface area contributed by atoms with Crippen molar-refractivity contribution in [3.8, 4) is 0 Å². The minimum Gasteiger partial charge on any atom is -0.300 e. The standard InChI is InChI=1S/C9H16FN.C8H14FN/c1-8(2)11-6-3-4-9(10)5-7-11;1-7(2)10-5-3-8(9)4-6-10/h4,8H,3,5-7H2,1-2H3;3,7H,4-6H2,1-2H3. The number of rotatable bonds is 2. The predicted octanol–water partition coefficient (Wildman–Crippen LogP) is 4.30. The van der Waals surface area contributed by atoms with Gasteiger partial charge in [0.25, 0.3) is 0 Å². The molecule has 0 unspecified atom stereocenters. The van der Waals surface area contributed by atoms with E-state index in [9.17, 15) is 8.78 Å². The molecule has 2 heterocycles. The average molecular weight is 300 g/mol. The van der Waals surface area contributed by atoms with Crippen LogP contribution in [0.25, 0.3) is 0 Å². The fourth-order valence-electron chi connectivity index (χ4n) is 2.50. The molecule has 0 spiro atoms. The Morgan fingerprint density at radius 3 is 1.81 bits per heavy atom. The maximum absolute atomic E-state index is 12.7. The van der Waals surface area contributed by atoms with Crippen molar-refractivity contribution in [2.45, 2.75) is 59.0 Å². The number of hydrogen-bond donors (Lipinski definition) is 0. The van der Waals surface area contributed by atoms with Gasteiger partial charge in [-0.3, -0.25) is 4.90 Å². The van der Waals surface area contributed by atoms with Crippen LogP contribution in [0.2, 0.25) is 0 Å². The van der Waals surface area contributed by atoms with E-state index in [1.54, 1.807) is 12.2 Å². The van der Waals surface area contributed by atoms with Gasteiger partial charge in [-0.05, 0) is 40.2 Å². The molecule has 2 nitrogen and oxygen atoms in total. The lowest BCUT2D eigenvalue weighted by molar-refractivity contribution is 0.229. The van der Waals surface area contributed by atoms with Gasteiger partial charge < -0.3 is 4.90 Å². The Morgan fingerprint density at radius 2 is 1.33 bits per heavy atom. The second kappa shape index (κ2) is 9.31. The Hall–Kier alpha value is -0.740. The molecule has 0 aromatic heterocycles. The molecule has 4 heteroatoms. The number of halogens is 2. The molecule has 0 saturated heterocycles. The molecule has 0 N–H and O–H groups in total. The third-order valence-electron chi connectivity index (χ3n) is 4.07. The van der Waals surface area contributed by atoms with Crippen LogP contribution in [-0.2, 0) is 0 Å². The third kappa shape index (κ3) is 7.18. The van der Waals surface area contributed by atoms with Crippen LogP contribution in [0.15, 0.2) is 23.8 Å². The Morgan fingerprint density at radius 1 is 0.810 bits per heavy atom. The van der Waals surface area contributed by atoms with E-state index in [-0.39, 0.29) is 11.7 Å². The molecule has 0 amide bonds. The zero-order valence-corrected chi connectivity index (χ0v) is 13.9. The molecule has 2 rings (SSSR count). The van der Waals surface area contributed by atoms with Crippen LogP contribution in [0.1, 0.15) is 47.0 Å². The normalized spacial score (nSPS) is 21.5. The summed E-state index contributed by atoms with van der Waals surface area (Å²) in [5, 5.41) is 0. The highest BCUT2D eigenvalue weighted by molar-refractivity contribution is 4.99. The summed E-state index contributed by atoms with van der Waals surface area (Å²) in [5.41, 5.74) is 0. The summed E-state index contributed by atoms with van der Waals surface area (Å²) in [5.74, 6) is 0.116. The zero-order valence-electron chi connectivity index (χ0n) is 13.9. The third-order valence-corrected chi connectivity index (χ3v) is 4.07. The summed E-state index contributed by atoms with van der Waals surface area (Å²) >= 11 is 0. The van der Waals surface area contributed by atoms with E-state index in [0.717, 1.165) is 32.6 Å². The monoisotopic (exact) mass is 300 g/mol. The Balaban J connectivity index is 0.000000211. The van der Waals surface area contributed by atoms with E-state index in [1.165, 1.54) is 0 Å². The molecule has 0 aromatic rings. The smallest absolute Gasteiger partial charge is 0.0985 e. The van der Waals surface area contributed by atoms with E-state index >= 15 is 0 Å². The van der Waals surface area contributed by atoms with Crippen LogP contribution in [-0.4, -0.2) is 48.1 Å². The molecule has 0 bridgehead atoms. The van der Waals surface area contributed by atoms with E-state index in [0.29, 0.717) is 24.9 Å². The first-order chi connectivity index (χ1) is 9.90. The fraction of sp³-hybridized carbons (Fsp3) is 0.765. The van der Waals surface area contributed by atoms with Gasteiger partial charge in [0.1, 0.15) is 0 Å². The Bertz CT molecular complexity index is 362. The largest absolute Gasteiger partial charge is 0.300 e. The van der Waals surface area contributed by atoms with Crippen molar-refractivity contribution in [1.29, 1.82) is 0 Å². The molecule has 0 aromatic carbocycles. The summed E-state index contributed by atoms with van der Waals surface area (Å²) in [4.78, 5) is 4.56. The molecule has 2 aliphatic heterocycles. The first-order valence-corrected chi connectivity index (χ1v) is 8.07. The summed E-state index contributed by atoms with van der Waals surface area (Å²) in [7, 11) is 0. The van der Waals surface area contributed by atoms with Gasteiger partial charge in [-0.15, -0.1) is 0 Å². The summed E-state index contributed by atoms with van der Waals surface area (Å²) < 4.78 is 25.2. The Labute approximate surface area is 128 Å². The Kier molecular flexibility index (Phi) is 8.12. The molecule has 2 aliphatic rings. The van der Waals surface area contributed by atoms with E-state index in [4.69, 9.17) is 0 Å². The second-order valence-electron chi connectivity index (χ2n) is 6.31. The molecule has 0 fully saturated rings. The molecule has 0 saturated carbocycles. The highest BCUT2D eigenvalue weighted by Crippen LogP contribution is 2.14. The molecular formula is C17H30F2N2. The van der Waals surface area contributed by atoms with E-state index in [1.807, 2.05) is 0 Å². The van der Waals surface area contributed by atoms with Gasteiger partial charge in [-0.2, -0.15) is 0 Å². The lowest BCUT2D eigenvalue weighted by atomic mass is 10.2. The topological polar surface area (TPSA) is 6.48 Å². The van der Waals surface area contributed by atoms with Gasteiger partial charge >= 0.3 is 0 Å². The average Bonchev–Trinajstić information content (AvgIpc) is 2.65. The van der Waals surface area contributed by atoms with E-state index in [2.05, 4.69) is 37.5 Å². The molecule has 0 aliphatic carbocycles. The molecular weight excluding hydrogens is 270 g/mol. The molecule has 21 heavy (non-hydrogen) atoms. The lowest BCUT2D eigenvalue weighted by Crippen LogP contribution is -2.34. The summed E-state index contributed by atoms with van der Waals surface area (Å²) in [6, 6.07) is 1.10. The summed E-state index contributed by atoms with van der Waals surface area (Å²) in [6.45, 7) is 12.1. The first kappa shape index (κ1) is 18.3. The zero-order chi connectivity index (χ0) is 15.8. The minimum absolute atomic E-state index is 0.0527. The van der Waals surface area contributed by atoms with Gasteiger partial charge in [-0.25, -0.2) is 8.78 Å². The van der Waals surface area contributed by atoms with E-state index < -0.39 is 0 Å². The summed E-state index contributed by atoms with van der Waals surface area (Å²) in [6.07, 6.45) is 5.44. The quantitative estimate of drug-likeness (QED) is 0.750. The van der Waals surface area contributed by atoms with Crippen LogP contribution in [0.5, 0.6) is 0 Å². The highest BCUT2D eigenvalue weighted by atomic mass is 19.1. The second-order valence-corrected chi connectivity index (χ2v) is 6.31. The van der Waals surface area contributed by atoms with Crippen molar-refractivity contribution >= 4 is 0 Å². The van der Waals surface area contributed by atoms with Crippen LogP contribution < -0.4 is 0 Å². The number of hydrogen-bond acceptors (Lipinski definition) is 2. The van der Waals surface area contributed by atoms with Crippen LogP contribution in [0.3, 0.4) is 0 Å². The van der Waals surface area contributed by atoms with Crippen molar-refractivity contribution in [3.63, 3.8) is 0 Å². The molecule has 122 valence electrons. The van der Waals surface area contributed by atoms with Gasteiger partial charge in [0.15, 0.2) is 0 Å². The molecule has 0 radical (unpaired) electrons. The van der Waals surface area contributed by atoms with Gasteiger partial charge in [0, 0.05) is 51.1 Å². The first-order valence-electron chi connectivity index (χ1n) is 8.07. The van der Waals surface area contributed by atoms with Gasteiger partial charge in [-0.1, -0.05) is 6.08 Å². The SMILES string of the molecule is CC(C)N1CC=C(F)CC1.CC(C)N1CCC=C(F)CC1. The van der Waals surface area contributed by atoms with Crippen molar-refractivity contribution in [3.05, 3.63) is 23.8 Å². The van der Waals surface area contributed by atoms with Gasteiger partial charge in [0.2, 0.25) is 0 Å². The maximum atomic E-state index is 12.7. The van der Waals surface area contributed by atoms with Crippen LogP contribution in [0.4, 0.5) is 8.78 Å². The highest BCUT2D eigenvalue weighted by Gasteiger charge is 2.13.